The maximum absolute atomic E-state index is 12.5. The molecule has 0 saturated carbocycles. The summed E-state index contributed by atoms with van der Waals surface area (Å²) in [6.45, 7) is 0.186. The van der Waals surface area contributed by atoms with E-state index in [1.165, 1.54) is 0 Å². The number of hydrogen-bond acceptors (Lipinski definition) is 4. The topological polar surface area (TPSA) is 75.7 Å². The lowest BCUT2D eigenvalue weighted by atomic mass is 10.1. The average Bonchev–Trinajstić information content (AvgIpc) is 2.74. The smallest absolute Gasteiger partial charge is 0.240 e. The van der Waals surface area contributed by atoms with Gasteiger partial charge in [-0.25, -0.2) is 8.42 Å². The Balaban J connectivity index is 1.65. The van der Waals surface area contributed by atoms with Crippen LogP contribution in [-0.2, 0) is 21.2 Å². The molecule has 1 N–H and O–H groups in total. The van der Waals surface area contributed by atoms with Gasteiger partial charge in [-0.2, -0.15) is 0 Å². The Morgan fingerprint density at radius 2 is 1.70 bits per heavy atom. The van der Waals surface area contributed by atoms with Gasteiger partial charge in [-0.15, -0.1) is 0 Å². The minimum Gasteiger partial charge on any atom is -0.496 e. The van der Waals surface area contributed by atoms with Gasteiger partial charge in [0.25, 0.3) is 0 Å². The highest BCUT2D eigenvalue weighted by Crippen LogP contribution is 2.28. The summed E-state index contributed by atoms with van der Waals surface area (Å²) in [4.78, 5) is 12.5. The molecule has 0 heterocycles. The number of carbonyl (C=O) groups is 1. The number of nitrogens with one attached hydrogen (secondary N) is 1. The van der Waals surface area contributed by atoms with Crippen molar-refractivity contribution in [2.24, 2.45) is 0 Å². The quantitative estimate of drug-likeness (QED) is 0.533. The molecule has 1 amide bonds. The Morgan fingerprint density at radius 1 is 1.00 bits per heavy atom. The molecule has 0 aliphatic carbocycles. The third-order valence-electron chi connectivity index (χ3n) is 4.86. The molecular formula is C23H26N2O4S. The second-order valence-electron chi connectivity index (χ2n) is 7.03. The maximum Gasteiger partial charge on any atom is 0.240 e. The van der Waals surface area contributed by atoms with Crippen LogP contribution in [0.25, 0.3) is 10.8 Å². The minimum atomic E-state index is -3.63. The monoisotopic (exact) mass is 426 g/mol. The third-order valence-corrected chi connectivity index (χ3v) is 5.99. The largest absolute Gasteiger partial charge is 0.496 e. The minimum absolute atomic E-state index is 0.262. The van der Waals surface area contributed by atoms with Crippen molar-refractivity contribution in [1.82, 2.24) is 5.32 Å². The van der Waals surface area contributed by atoms with Crippen LogP contribution in [0, 0.1) is 0 Å². The van der Waals surface area contributed by atoms with Gasteiger partial charge in [0.15, 0.2) is 0 Å². The van der Waals surface area contributed by atoms with Crippen LogP contribution in [0.5, 0.6) is 5.75 Å². The Bertz CT molecular complexity index is 1120. The SMILES string of the molecule is COc1ccccc1CCCNC(=O)CN(c1cccc2ccccc12)S(C)(=O)=O. The number of para-hydroxylation sites is 1. The molecule has 0 aliphatic rings. The Hall–Kier alpha value is -3.06. The fourth-order valence-corrected chi connectivity index (χ4v) is 4.28. The lowest BCUT2D eigenvalue weighted by molar-refractivity contribution is -0.119. The van der Waals surface area contributed by atoms with Gasteiger partial charge >= 0.3 is 0 Å². The highest BCUT2D eigenvalue weighted by Gasteiger charge is 2.22. The van der Waals surface area contributed by atoms with Crippen LogP contribution in [-0.4, -0.2) is 40.8 Å². The summed E-state index contributed by atoms with van der Waals surface area (Å²) in [5.41, 5.74) is 1.57. The molecule has 0 aromatic heterocycles. The van der Waals surface area contributed by atoms with Crippen LogP contribution in [0.15, 0.2) is 66.7 Å². The number of amides is 1. The van der Waals surface area contributed by atoms with E-state index in [0.29, 0.717) is 12.2 Å². The Kier molecular flexibility index (Phi) is 6.95. The lowest BCUT2D eigenvalue weighted by Crippen LogP contribution is -2.40. The van der Waals surface area contributed by atoms with Crippen LogP contribution in [0.1, 0.15) is 12.0 Å². The standard InChI is InChI=1S/C23H26N2O4S/c1-29-22-15-6-4-10-19(22)12-8-16-24-23(26)17-25(30(2,27)28)21-14-7-11-18-9-3-5-13-20(18)21/h3-7,9-11,13-15H,8,12,16-17H2,1-2H3,(H,24,26). The number of rotatable bonds is 9. The number of methoxy groups -OCH3 is 1. The zero-order chi connectivity index (χ0) is 21.6. The van der Waals surface area contributed by atoms with Crippen LogP contribution < -0.4 is 14.4 Å². The highest BCUT2D eigenvalue weighted by molar-refractivity contribution is 7.92. The predicted molar refractivity (Wildman–Crippen MR) is 120 cm³/mol. The normalized spacial score (nSPS) is 11.3. The first-order valence-corrected chi connectivity index (χ1v) is 11.6. The summed E-state index contributed by atoms with van der Waals surface area (Å²) >= 11 is 0. The number of sulfonamides is 1. The number of anilines is 1. The predicted octanol–water partition coefficient (Wildman–Crippen LogP) is 3.36. The maximum atomic E-state index is 12.5. The molecule has 0 fully saturated rings. The molecule has 0 aliphatic heterocycles. The van der Waals surface area contributed by atoms with Crippen molar-refractivity contribution in [2.75, 3.05) is 30.8 Å². The first-order valence-electron chi connectivity index (χ1n) is 9.74. The van der Waals surface area contributed by atoms with Gasteiger partial charge in [-0.3, -0.25) is 9.10 Å². The zero-order valence-electron chi connectivity index (χ0n) is 17.2. The van der Waals surface area contributed by atoms with Crippen molar-refractivity contribution < 1.29 is 17.9 Å². The lowest BCUT2D eigenvalue weighted by Gasteiger charge is -2.23. The van der Waals surface area contributed by atoms with Gasteiger partial charge in [0, 0.05) is 11.9 Å². The van der Waals surface area contributed by atoms with E-state index < -0.39 is 10.0 Å². The number of carbonyl (C=O) groups excluding carboxylic acids is 1. The van der Waals surface area contributed by atoms with E-state index in [1.54, 1.807) is 19.2 Å². The number of nitrogens with zero attached hydrogens (tertiary/aromatic N) is 1. The molecule has 3 aromatic carbocycles. The van der Waals surface area contributed by atoms with Crippen molar-refractivity contribution in [3.63, 3.8) is 0 Å². The van der Waals surface area contributed by atoms with Gasteiger partial charge < -0.3 is 10.1 Å². The fraction of sp³-hybridized carbons (Fsp3) is 0.261. The van der Waals surface area contributed by atoms with E-state index in [4.69, 9.17) is 4.74 Å². The second-order valence-corrected chi connectivity index (χ2v) is 8.94. The molecule has 0 bridgehead atoms. The van der Waals surface area contributed by atoms with E-state index in [2.05, 4.69) is 5.32 Å². The molecule has 0 unspecified atom stereocenters. The van der Waals surface area contributed by atoms with Gasteiger partial charge in [-0.05, 0) is 35.9 Å². The summed E-state index contributed by atoms with van der Waals surface area (Å²) in [5.74, 6) is 0.483. The number of aryl methyl sites for hydroxylation is 1. The first-order chi connectivity index (χ1) is 14.4. The third kappa shape index (κ3) is 5.30. The summed E-state index contributed by atoms with van der Waals surface area (Å²) < 4.78 is 31.4. The summed E-state index contributed by atoms with van der Waals surface area (Å²) in [6.07, 6.45) is 2.59. The molecule has 0 radical (unpaired) electrons. The van der Waals surface area contributed by atoms with Gasteiger partial charge in [0.2, 0.25) is 15.9 Å². The van der Waals surface area contributed by atoms with Crippen molar-refractivity contribution in [2.45, 2.75) is 12.8 Å². The fourth-order valence-electron chi connectivity index (χ4n) is 3.41. The molecule has 0 spiro atoms. The van der Waals surface area contributed by atoms with Crippen molar-refractivity contribution in [1.29, 1.82) is 0 Å². The van der Waals surface area contributed by atoms with Crippen LogP contribution in [0.4, 0.5) is 5.69 Å². The Morgan fingerprint density at radius 3 is 2.47 bits per heavy atom. The highest BCUT2D eigenvalue weighted by atomic mass is 32.2. The average molecular weight is 427 g/mol. The summed E-state index contributed by atoms with van der Waals surface area (Å²) in [6, 6.07) is 20.7. The van der Waals surface area contributed by atoms with Gasteiger partial charge in [0.05, 0.1) is 19.1 Å². The van der Waals surface area contributed by atoms with Crippen LogP contribution in [0.3, 0.4) is 0 Å². The van der Waals surface area contributed by atoms with E-state index in [9.17, 15) is 13.2 Å². The molecular weight excluding hydrogens is 400 g/mol. The summed E-state index contributed by atoms with van der Waals surface area (Å²) in [7, 11) is -2.00. The van der Waals surface area contributed by atoms with Crippen molar-refractivity contribution in [3.8, 4) is 5.75 Å². The molecule has 0 atom stereocenters. The van der Waals surface area contributed by atoms with Crippen molar-refractivity contribution >= 4 is 32.4 Å². The molecule has 6 nitrogen and oxygen atoms in total. The number of ether oxygens (including phenoxy) is 1. The number of hydrogen-bond donors (Lipinski definition) is 1. The zero-order valence-corrected chi connectivity index (χ0v) is 18.0. The van der Waals surface area contributed by atoms with Gasteiger partial charge in [0.1, 0.15) is 12.3 Å². The molecule has 30 heavy (non-hydrogen) atoms. The van der Waals surface area contributed by atoms with E-state index in [-0.39, 0.29) is 12.5 Å². The van der Waals surface area contributed by atoms with E-state index in [1.807, 2.05) is 54.6 Å². The van der Waals surface area contributed by atoms with Gasteiger partial charge in [-0.1, -0.05) is 54.6 Å². The van der Waals surface area contributed by atoms with E-state index >= 15 is 0 Å². The summed E-state index contributed by atoms with van der Waals surface area (Å²) in [5, 5.41) is 4.53. The molecule has 0 saturated heterocycles. The Labute approximate surface area is 177 Å². The molecule has 3 rings (SSSR count). The van der Waals surface area contributed by atoms with Crippen LogP contribution in [0.2, 0.25) is 0 Å². The van der Waals surface area contributed by atoms with Crippen LogP contribution >= 0.6 is 0 Å². The molecule has 158 valence electrons. The van der Waals surface area contributed by atoms with E-state index in [0.717, 1.165) is 45.5 Å². The number of fused-ring (bicyclic) bond motifs is 1. The van der Waals surface area contributed by atoms with Crippen molar-refractivity contribution in [3.05, 3.63) is 72.3 Å². The first kappa shape index (κ1) is 21.6. The second kappa shape index (κ2) is 9.63. The molecule has 3 aromatic rings. The number of benzene rings is 3. The molecule has 7 heteroatoms.